The van der Waals surface area contributed by atoms with E-state index in [4.69, 9.17) is 27.9 Å². The highest BCUT2D eigenvalue weighted by Gasteiger charge is 2.10. The normalized spacial score (nSPS) is 10.9. The van der Waals surface area contributed by atoms with Crippen LogP contribution in [0.2, 0.25) is 10.0 Å². The first-order chi connectivity index (χ1) is 13.0. The second-order valence-corrected chi connectivity index (χ2v) is 6.72. The number of halogens is 2. The van der Waals surface area contributed by atoms with E-state index in [0.29, 0.717) is 46.2 Å². The number of nitrogens with zero attached hydrogens (tertiary/aromatic N) is 2. The van der Waals surface area contributed by atoms with Gasteiger partial charge in [0.2, 0.25) is 0 Å². The molecule has 0 spiro atoms. The Bertz CT molecular complexity index is 1050. The molecule has 0 atom stereocenters. The lowest BCUT2D eigenvalue weighted by molar-refractivity contribution is 0.0937. The Hall–Kier alpha value is -2.41. The summed E-state index contributed by atoms with van der Waals surface area (Å²) in [6.45, 7) is 1.15. The predicted molar refractivity (Wildman–Crippen MR) is 106 cm³/mol. The van der Waals surface area contributed by atoms with E-state index in [2.05, 4.69) is 10.3 Å². The molecule has 1 amide bonds. The van der Waals surface area contributed by atoms with E-state index in [9.17, 15) is 9.59 Å². The van der Waals surface area contributed by atoms with E-state index < -0.39 is 0 Å². The van der Waals surface area contributed by atoms with Gasteiger partial charge in [-0.1, -0.05) is 29.3 Å². The highest BCUT2D eigenvalue weighted by molar-refractivity contribution is 6.42. The number of hydrogen-bond acceptors (Lipinski definition) is 4. The number of ether oxygens (including phenoxy) is 1. The Labute approximate surface area is 165 Å². The number of fused-ring (bicyclic) bond motifs is 1. The van der Waals surface area contributed by atoms with Gasteiger partial charge in [-0.3, -0.25) is 14.2 Å². The molecule has 0 saturated heterocycles. The molecule has 0 saturated carbocycles. The van der Waals surface area contributed by atoms with Crippen LogP contribution < -0.4 is 10.9 Å². The number of amides is 1. The van der Waals surface area contributed by atoms with Crippen LogP contribution in [-0.4, -0.2) is 35.7 Å². The smallest absolute Gasteiger partial charge is 0.261 e. The largest absolute Gasteiger partial charge is 0.383 e. The molecular formula is C19H17Cl2N3O3. The first-order valence-electron chi connectivity index (χ1n) is 8.20. The molecule has 6 nitrogen and oxygen atoms in total. The average molecular weight is 406 g/mol. The molecular weight excluding hydrogens is 389 g/mol. The molecule has 0 radical (unpaired) electrons. The van der Waals surface area contributed by atoms with Crippen molar-refractivity contribution in [2.75, 3.05) is 20.3 Å². The van der Waals surface area contributed by atoms with Crippen LogP contribution in [0.5, 0.6) is 0 Å². The Kier molecular flexibility index (Phi) is 6.11. The molecule has 8 heteroatoms. The van der Waals surface area contributed by atoms with Gasteiger partial charge in [0.15, 0.2) is 0 Å². The van der Waals surface area contributed by atoms with Crippen molar-refractivity contribution < 1.29 is 9.53 Å². The van der Waals surface area contributed by atoms with Gasteiger partial charge in [-0.2, -0.15) is 0 Å². The van der Waals surface area contributed by atoms with Crippen LogP contribution in [0, 0.1) is 0 Å². The van der Waals surface area contributed by atoms with Crippen molar-refractivity contribution in [2.24, 2.45) is 0 Å². The van der Waals surface area contributed by atoms with E-state index >= 15 is 0 Å². The van der Waals surface area contributed by atoms with Gasteiger partial charge < -0.3 is 10.1 Å². The quantitative estimate of drug-likeness (QED) is 0.639. The van der Waals surface area contributed by atoms with Gasteiger partial charge in [0, 0.05) is 19.2 Å². The predicted octanol–water partition coefficient (Wildman–Crippen LogP) is 3.13. The number of rotatable bonds is 6. The SMILES string of the molecule is COCCNC(=O)c1ccc2c(=O)n(Cc3ccc(Cl)c(Cl)c3)cnc2c1. The van der Waals surface area contributed by atoms with Crippen LogP contribution in [0.1, 0.15) is 15.9 Å². The van der Waals surface area contributed by atoms with E-state index in [1.165, 1.54) is 10.9 Å². The summed E-state index contributed by atoms with van der Waals surface area (Å²) < 4.78 is 6.39. The summed E-state index contributed by atoms with van der Waals surface area (Å²) in [4.78, 5) is 29.2. The van der Waals surface area contributed by atoms with Crippen molar-refractivity contribution in [2.45, 2.75) is 6.54 Å². The maximum Gasteiger partial charge on any atom is 0.261 e. The first kappa shape index (κ1) is 19.4. The standard InChI is InChI=1S/C19H17Cl2N3O3/c1-27-7-6-22-18(25)13-3-4-14-17(9-13)23-11-24(19(14)26)10-12-2-5-15(20)16(21)8-12/h2-5,8-9,11H,6-7,10H2,1H3,(H,22,25). The molecule has 1 aromatic heterocycles. The minimum Gasteiger partial charge on any atom is -0.383 e. The summed E-state index contributed by atoms with van der Waals surface area (Å²) in [6.07, 6.45) is 1.46. The maximum atomic E-state index is 12.7. The van der Waals surface area contributed by atoms with Crippen LogP contribution in [-0.2, 0) is 11.3 Å². The third-order valence-electron chi connectivity index (χ3n) is 4.02. The molecule has 0 aliphatic rings. The fraction of sp³-hybridized carbons (Fsp3) is 0.211. The summed E-state index contributed by atoms with van der Waals surface area (Å²) >= 11 is 11.9. The van der Waals surface area contributed by atoms with Gasteiger partial charge in [-0.25, -0.2) is 4.98 Å². The van der Waals surface area contributed by atoms with E-state index in [0.717, 1.165) is 5.56 Å². The molecule has 27 heavy (non-hydrogen) atoms. The molecule has 0 unspecified atom stereocenters. The third kappa shape index (κ3) is 4.47. The van der Waals surface area contributed by atoms with E-state index in [1.54, 1.807) is 43.5 Å². The van der Waals surface area contributed by atoms with Crippen molar-refractivity contribution in [3.63, 3.8) is 0 Å². The summed E-state index contributed by atoms with van der Waals surface area (Å²) in [7, 11) is 1.56. The van der Waals surface area contributed by atoms with Crippen LogP contribution >= 0.6 is 23.2 Å². The molecule has 0 aliphatic carbocycles. The second kappa shape index (κ2) is 8.52. The lowest BCUT2D eigenvalue weighted by Crippen LogP contribution is -2.27. The lowest BCUT2D eigenvalue weighted by Gasteiger charge is -2.09. The number of methoxy groups -OCH3 is 1. The van der Waals surface area contributed by atoms with Gasteiger partial charge in [-0.05, 0) is 35.9 Å². The fourth-order valence-corrected chi connectivity index (χ4v) is 2.94. The Morgan fingerprint density at radius 3 is 2.74 bits per heavy atom. The Morgan fingerprint density at radius 2 is 2.00 bits per heavy atom. The first-order valence-corrected chi connectivity index (χ1v) is 8.95. The van der Waals surface area contributed by atoms with E-state index in [-0.39, 0.29) is 11.5 Å². The Morgan fingerprint density at radius 1 is 1.19 bits per heavy atom. The minimum absolute atomic E-state index is 0.197. The van der Waals surface area contributed by atoms with Crippen LogP contribution in [0.4, 0.5) is 0 Å². The number of benzene rings is 2. The second-order valence-electron chi connectivity index (χ2n) is 5.91. The zero-order valence-electron chi connectivity index (χ0n) is 14.5. The van der Waals surface area contributed by atoms with Gasteiger partial charge in [0.05, 0.1) is 40.4 Å². The molecule has 0 aliphatic heterocycles. The van der Waals surface area contributed by atoms with Crippen LogP contribution in [0.15, 0.2) is 47.5 Å². The summed E-state index contributed by atoms with van der Waals surface area (Å²) in [5.74, 6) is -0.240. The van der Waals surface area contributed by atoms with Crippen molar-refractivity contribution in [3.8, 4) is 0 Å². The molecule has 3 aromatic rings. The van der Waals surface area contributed by atoms with Gasteiger partial charge >= 0.3 is 0 Å². The molecule has 0 fully saturated rings. The highest BCUT2D eigenvalue weighted by Crippen LogP contribution is 2.22. The third-order valence-corrected chi connectivity index (χ3v) is 4.76. The highest BCUT2D eigenvalue weighted by atomic mass is 35.5. The van der Waals surface area contributed by atoms with Crippen molar-refractivity contribution in [1.29, 1.82) is 0 Å². The summed E-state index contributed by atoms with van der Waals surface area (Å²) in [5.41, 5.74) is 1.54. The van der Waals surface area contributed by atoms with Crippen molar-refractivity contribution in [1.82, 2.24) is 14.9 Å². The lowest BCUT2D eigenvalue weighted by atomic mass is 10.1. The van der Waals surface area contributed by atoms with Gasteiger partial charge in [0.1, 0.15) is 0 Å². The van der Waals surface area contributed by atoms with Crippen molar-refractivity contribution in [3.05, 3.63) is 74.3 Å². The molecule has 2 aromatic carbocycles. The van der Waals surface area contributed by atoms with Crippen LogP contribution in [0.25, 0.3) is 10.9 Å². The number of hydrogen-bond donors (Lipinski definition) is 1. The van der Waals surface area contributed by atoms with E-state index in [1.807, 2.05) is 0 Å². The molecule has 1 heterocycles. The zero-order valence-corrected chi connectivity index (χ0v) is 16.0. The van der Waals surface area contributed by atoms with Crippen molar-refractivity contribution >= 4 is 40.0 Å². The summed E-state index contributed by atoms with van der Waals surface area (Å²) in [6, 6.07) is 10.0. The molecule has 140 valence electrons. The number of nitrogens with one attached hydrogen (secondary N) is 1. The number of carbonyl (C=O) groups excluding carboxylic acids is 1. The molecule has 1 N–H and O–H groups in total. The number of carbonyl (C=O) groups is 1. The number of aromatic nitrogens is 2. The zero-order chi connectivity index (χ0) is 19.4. The summed E-state index contributed by atoms with van der Waals surface area (Å²) in [5, 5.41) is 4.06. The fourth-order valence-electron chi connectivity index (χ4n) is 2.62. The topological polar surface area (TPSA) is 73.2 Å². The van der Waals surface area contributed by atoms with Crippen LogP contribution in [0.3, 0.4) is 0 Å². The molecule has 3 rings (SSSR count). The monoisotopic (exact) mass is 405 g/mol. The Balaban J connectivity index is 1.86. The average Bonchev–Trinajstić information content (AvgIpc) is 2.67. The minimum atomic E-state index is -0.240. The maximum absolute atomic E-state index is 12.7. The molecule has 0 bridgehead atoms. The van der Waals surface area contributed by atoms with Gasteiger partial charge in [0.25, 0.3) is 11.5 Å². The van der Waals surface area contributed by atoms with Gasteiger partial charge in [-0.15, -0.1) is 0 Å².